The zero-order valence-corrected chi connectivity index (χ0v) is 14.1. The fraction of sp³-hybridized carbons (Fsp3) is 0.688. The first kappa shape index (κ1) is 14.1. The molecule has 21 heavy (non-hydrogen) atoms. The van der Waals surface area contributed by atoms with Crippen LogP contribution in [-0.2, 0) is 5.75 Å². The molecule has 3 nitrogen and oxygen atoms in total. The fourth-order valence-electron chi connectivity index (χ4n) is 3.69. The highest BCUT2D eigenvalue weighted by molar-refractivity contribution is 8.13. The van der Waals surface area contributed by atoms with E-state index in [4.69, 9.17) is 4.99 Å². The number of thioether (sulfide) groups is 1. The van der Waals surface area contributed by atoms with Crippen LogP contribution in [0.3, 0.4) is 0 Å². The van der Waals surface area contributed by atoms with Crippen molar-refractivity contribution in [2.45, 2.75) is 43.9 Å². The summed E-state index contributed by atoms with van der Waals surface area (Å²) in [5, 5.41) is 3.42. The Hall–Kier alpha value is -0.520. The van der Waals surface area contributed by atoms with E-state index in [1.807, 2.05) is 23.1 Å². The first-order valence-corrected chi connectivity index (χ1v) is 10.0. The molecule has 0 aromatic carbocycles. The third kappa shape index (κ3) is 3.01. The van der Waals surface area contributed by atoms with E-state index in [0.29, 0.717) is 0 Å². The third-order valence-corrected chi connectivity index (χ3v) is 7.08. The van der Waals surface area contributed by atoms with Crippen molar-refractivity contribution in [2.75, 3.05) is 26.2 Å². The van der Waals surface area contributed by atoms with Gasteiger partial charge in [-0.05, 0) is 24.3 Å². The predicted molar refractivity (Wildman–Crippen MR) is 92.7 cm³/mol. The van der Waals surface area contributed by atoms with Crippen LogP contribution in [0.15, 0.2) is 16.4 Å². The van der Waals surface area contributed by atoms with Gasteiger partial charge in [0.05, 0.1) is 5.69 Å². The molecule has 1 aromatic heterocycles. The van der Waals surface area contributed by atoms with Gasteiger partial charge in [0, 0.05) is 42.9 Å². The van der Waals surface area contributed by atoms with Crippen molar-refractivity contribution in [3.05, 3.63) is 16.3 Å². The topological polar surface area (TPSA) is 18.8 Å². The summed E-state index contributed by atoms with van der Waals surface area (Å²) >= 11 is 3.76. The number of fused-ring (bicyclic) bond motifs is 1. The Morgan fingerprint density at radius 1 is 1.05 bits per heavy atom. The lowest BCUT2D eigenvalue weighted by molar-refractivity contribution is 0.108. The van der Waals surface area contributed by atoms with E-state index in [1.54, 1.807) is 0 Å². The normalized spacial score (nSPS) is 24.8. The molecule has 3 heterocycles. The molecular formula is C16H23N3S2. The van der Waals surface area contributed by atoms with Gasteiger partial charge in [0.25, 0.3) is 0 Å². The smallest absolute Gasteiger partial charge is 0.164 e. The van der Waals surface area contributed by atoms with Gasteiger partial charge in [-0.3, -0.25) is 4.90 Å². The van der Waals surface area contributed by atoms with Crippen LogP contribution in [-0.4, -0.2) is 47.2 Å². The van der Waals surface area contributed by atoms with Crippen LogP contribution in [0, 0.1) is 0 Å². The Bertz CT molecular complexity index is 511. The van der Waals surface area contributed by atoms with E-state index in [1.165, 1.54) is 60.9 Å². The zero-order chi connectivity index (χ0) is 14.1. The molecular weight excluding hydrogens is 298 g/mol. The summed E-state index contributed by atoms with van der Waals surface area (Å²) in [4.78, 5) is 11.5. The van der Waals surface area contributed by atoms with Crippen LogP contribution in [0.2, 0.25) is 0 Å². The SMILES string of the molecule is c1cc2c(s1)CSC(N1CCN(C3CCCCC3)CC1)=N2. The molecule has 0 amide bonds. The second-order valence-corrected chi connectivity index (χ2v) is 8.17. The van der Waals surface area contributed by atoms with Crippen molar-refractivity contribution >= 4 is 34.0 Å². The minimum Gasteiger partial charge on any atom is -0.349 e. The molecule has 0 bridgehead atoms. The average molecular weight is 322 g/mol. The molecule has 114 valence electrons. The molecule has 4 rings (SSSR count). The van der Waals surface area contributed by atoms with Crippen molar-refractivity contribution in [1.82, 2.24) is 9.80 Å². The predicted octanol–water partition coefficient (Wildman–Crippen LogP) is 3.93. The molecule has 5 heteroatoms. The van der Waals surface area contributed by atoms with Gasteiger partial charge in [-0.2, -0.15) is 0 Å². The Morgan fingerprint density at radius 3 is 2.67 bits per heavy atom. The summed E-state index contributed by atoms with van der Waals surface area (Å²) in [5.74, 6) is 1.11. The van der Waals surface area contributed by atoms with Gasteiger partial charge < -0.3 is 4.90 Å². The zero-order valence-electron chi connectivity index (χ0n) is 12.5. The van der Waals surface area contributed by atoms with E-state index in [0.717, 1.165) is 24.9 Å². The summed E-state index contributed by atoms with van der Waals surface area (Å²) in [6, 6.07) is 3.03. The van der Waals surface area contributed by atoms with Crippen molar-refractivity contribution in [1.29, 1.82) is 0 Å². The van der Waals surface area contributed by atoms with Crippen molar-refractivity contribution in [3.63, 3.8) is 0 Å². The number of hydrogen-bond acceptors (Lipinski definition) is 5. The molecule has 0 N–H and O–H groups in total. The van der Waals surface area contributed by atoms with Crippen LogP contribution in [0.25, 0.3) is 0 Å². The minimum atomic E-state index is 0.866. The highest BCUT2D eigenvalue weighted by Gasteiger charge is 2.27. The van der Waals surface area contributed by atoms with Gasteiger partial charge in [-0.1, -0.05) is 31.0 Å². The molecule has 2 fully saturated rings. The van der Waals surface area contributed by atoms with E-state index in [-0.39, 0.29) is 0 Å². The molecule has 3 aliphatic rings. The van der Waals surface area contributed by atoms with Crippen LogP contribution < -0.4 is 0 Å². The number of aliphatic imine (C=N–C) groups is 1. The summed E-state index contributed by atoms with van der Waals surface area (Å²) in [7, 11) is 0. The standard InChI is InChI=1S/C16H23N3S2/c1-2-4-13(5-3-1)18-7-9-19(10-8-18)16-17-14-6-11-20-15(14)12-21-16/h6,11,13H,1-5,7-10,12H2. The van der Waals surface area contributed by atoms with Crippen LogP contribution in [0.5, 0.6) is 0 Å². The maximum absolute atomic E-state index is 4.86. The molecule has 2 aliphatic heterocycles. The molecule has 0 atom stereocenters. The molecule has 1 aliphatic carbocycles. The monoisotopic (exact) mass is 321 g/mol. The van der Waals surface area contributed by atoms with Gasteiger partial charge >= 0.3 is 0 Å². The number of hydrogen-bond donors (Lipinski definition) is 0. The largest absolute Gasteiger partial charge is 0.349 e. The van der Waals surface area contributed by atoms with Gasteiger partial charge in [0.15, 0.2) is 5.17 Å². The van der Waals surface area contributed by atoms with E-state index < -0.39 is 0 Å². The summed E-state index contributed by atoms with van der Waals surface area (Å²) < 4.78 is 0. The molecule has 0 radical (unpaired) electrons. The van der Waals surface area contributed by atoms with Crippen LogP contribution >= 0.6 is 23.1 Å². The van der Waals surface area contributed by atoms with Gasteiger partial charge in [0.2, 0.25) is 0 Å². The van der Waals surface area contributed by atoms with Crippen molar-refractivity contribution in [2.24, 2.45) is 4.99 Å². The van der Waals surface area contributed by atoms with E-state index in [9.17, 15) is 0 Å². The molecule has 1 saturated carbocycles. The highest BCUT2D eigenvalue weighted by atomic mass is 32.2. The lowest BCUT2D eigenvalue weighted by Crippen LogP contribution is -2.52. The second-order valence-electron chi connectivity index (χ2n) is 6.23. The summed E-state index contributed by atoms with van der Waals surface area (Å²) in [5.41, 5.74) is 1.21. The number of nitrogens with zero attached hydrogens (tertiary/aromatic N) is 3. The van der Waals surface area contributed by atoms with Gasteiger partial charge in [-0.15, -0.1) is 11.3 Å². The van der Waals surface area contributed by atoms with Crippen LogP contribution in [0.1, 0.15) is 37.0 Å². The quantitative estimate of drug-likeness (QED) is 0.781. The lowest BCUT2D eigenvalue weighted by Gasteiger charge is -2.41. The Balaban J connectivity index is 1.37. The summed E-state index contributed by atoms with van der Waals surface area (Å²) in [6.45, 7) is 4.76. The Kier molecular flexibility index (Phi) is 4.23. The Morgan fingerprint density at radius 2 is 1.86 bits per heavy atom. The third-order valence-electron chi connectivity index (χ3n) is 4.95. The average Bonchev–Trinajstić information content (AvgIpc) is 3.03. The molecule has 0 unspecified atom stereocenters. The first-order chi connectivity index (χ1) is 10.4. The number of thiophene rings is 1. The van der Waals surface area contributed by atoms with E-state index in [2.05, 4.69) is 21.2 Å². The molecule has 1 aromatic rings. The second kappa shape index (κ2) is 6.31. The summed E-state index contributed by atoms with van der Waals surface area (Å²) in [6.07, 6.45) is 7.18. The number of amidine groups is 1. The number of piperazine rings is 1. The molecule has 0 spiro atoms. The molecule has 1 saturated heterocycles. The minimum absolute atomic E-state index is 0.866. The highest BCUT2D eigenvalue weighted by Crippen LogP contribution is 2.36. The van der Waals surface area contributed by atoms with Crippen molar-refractivity contribution in [3.8, 4) is 0 Å². The maximum atomic E-state index is 4.86. The van der Waals surface area contributed by atoms with Crippen molar-refractivity contribution < 1.29 is 0 Å². The van der Waals surface area contributed by atoms with Gasteiger partial charge in [-0.25, -0.2) is 4.99 Å². The Labute approximate surface area is 135 Å². The van der Waals surface area contributed by atoms with E-state index >= 15 is 0 Å². The lowest BCUT2D eigenvalue weighted by atomic mass is 9.94. The maximum Gasteiger partial charge on any atom is 0.164 e. The van der Waals surface area contributed by atoms with Crippen LogP contribution in [0.4, 0.5) is 5.69 Å². The fourth-order valence-corrected chi connectivity index (χ4v) is 5.67. The number of rotatable bonds is 1. The first-order valence-electron chi connectivity index (χ1n) is 8.17. The van der Waals surface area contributed by atoms with Gasteiger partial charge in [0.1, 0.15) is 0 Å².